The number of benzene rings is 1. The van der Waals surface area contributed by atoms with Crippen LogP contribution < -0.4 is 16.0 Å². The smallest absolute Gasteiger partial charge is 0.321 e. The molecular formula is C18H28N4O3. The van der Waals surface area contributed by atoms with Crippen molar-refractivity contribution in [2.45, 2.75) is 12.8 Å². The quantitative estimate of drug-likeness (QED) is 0.618. The van der Waals surface area contributed by atoms with Crippen molar-refractivity contribution in [1.82, 2.24) is 15.5 Å². The molecule has 25 heavy (non-hydrogen) atoms. The van der Waals surface area contributed by atoms with Crippen LogP contribution in [0.1, 0.15) is 12.8 Å². The molecule has 0 aliphatic carbocycles. The molecule has 1 aliphatic rings. The molecule has 1 aliphatic heterocycles. The summed E-state index contributed by atoms with van der Waals surface area (Å²) in [5.74, 6) is -0.125. The van der Waals surface area contributed by atoms with E-state index in [0.717, 1.165) is 25.1 Å². The summed E-state index contributed by atoms with van der Waals surface area (Å²) in [6.45, 7) is 3.85. The van der Waals surface area contributed by atoms with E-state index in [4.69, 9.17) is 4.74 Å². The molecule has 138 valence electrons. The predicted molar refractivity (Wildman–Crippen MR) is 97.5 cm³/mol. The summed E-state index contributed by atoms with van der Waals surface area (Å²) in [6.07, 6.45) is 1.66. The Kier molecular flexibility index (Phi) is 8.21. The number of carbonyl (C=O) groups is 2. The van der Waals surface area contributed by atoms with Crippen molar-refractivity contribution in [2.24, 2.45) is 5.92 Å². The molecule has 1 aromatic carbocycles. The predicted octanol–water partition coefficient (Wildman–Crippen LogP) is 1.28. The van der Waals surface area contributed by atoms with Crippen LogP contribution in [0.15, 0.2) is 30.3 Å². The maximum Gasteiger partial charge on any atom is 0.321 e. The number of ether oxygens (including phenoxy) is 1. The molecule has 1 unspecified atom stereocenters. The standard InChI is InChI=1S/C18H28N4O3/c1-25-13-11-19-9-10-20-17(23)15-6-5-12-22(14-15)18(24)21-16-7-3-2-4-8-16/h2-4,7-8,15,19H,5-6,9-14H2,1H3,(H,20,23)(H,21,24). The lowest BCUT2D eigenvalue weighted by atomic mass is 9.97. The fraction of sp³-hybridized carbons (Fsp3) is 0.556. The van der Waals surface area contributed by atoms with Crippen LogP contribution in [-0.4, -0.2) is 63.3 Å². The lowest BCUT2D eigenvalue weighted by Crippen LogP contribution is -2.47. The van der Waals surface area contributed by atoms with Gasteiger partial charge >= 0.3 is 6.03 Å². The highest BCUT2D eigenvalue weighted by atomic mass is 16.5. The van der Waals surface area contributed by atoms with Gasteiger partial charge in [-0.25, -0.2) is 4.79 Å². The molecule has 2 rings (SSSR count). The minimum Gasteiger partial charge on any atom is -0.383 e. The van der Waals surface area contributed by atoms with Gasteiger partial charge in [-0.3, -0.25) is 4.79 Å². The molecular weight excluding hydrogens is 320 g/mol. The molecule has 0 radical (unpaired) electrons. The minimum atomic E-state index is -0.148. The van der Waals surface area contributed by atoms with Crippen LogP contribution in [0.2, 0.25) is 0 Å². The fourth-order valence-electron chi connectivity index (χ4n) is 2.82. The highest BCUT2D eigenvalue weighted by Gasteiger charge is 2.28. The minimum absolute atomic E-state index is 0.0192. The third kappa shape index (κ3) is 6.72. The van der Waals surface area contributed by atoms with Crippen molar-refractivity contribution in [1.29, 1.82) is 0 Å². The molecule has 1 heterocycles. The third-order valence-electron chi connectivity index (χ3n) is 4.19. The summed E-state index contributed by atoms with van der Waals surface area (Å²) < 4.78 is 4.95. The number of hydrogen-bond donors (Lipinski definition) is 3. The normalized spacial score (nSPS) is 17.2. The van der Waals surface area contributed by atoms with Gasteiger partial charge in [-0.2, -0.15) is 0 Å². The molecule has 1 fully saturated rings. The summed E-state index contributed by atoms with van der Waals surface area (Å²) >= 11 is 0. The largest absolute Gasteiger partial charge is 0.383 e. The zero-order valence-corrected chi connectivity index (χ0v) is 14.8. The zero-order valence-electron chi connectivity index (χ0n) is 14.8. The SMILES string of the molecule is COCCNCCNC(=O)C1CCCN(C(=O)Nc2ccccc2)C1. The van der Waals surface area contributed by atoms with Gasteiger partial charge in [0.05, 0.1) is 12.5 Å². The molecule has 1 atom stereocenters. The first-order chi connectivity index (χ1) is 12.2. The van der Waals surface area contributed by atoms with Crippen molar-refractivity contribution in [3.8, 4) is 0 Å². The monoisotopic (exact) mass is 348 g/mol. The number of piperidine rings is 1. The Morgan fingerprint density at radius 3 is 2.76 bits per heavy atom. The molecule has 0 saturated carbocycles. The van der Waals surface area contributed by atoms with E-state index >= 15 is 0 Å². The Hall–Kier alpha value is -2.12. The molecule has 1 saturated heterocycles. The van der Waals surface area contributed by atoms with Crippen LogP contribution in [0, 0.1) is 5.92 Å². The Morgan fingerprint density at radius 1 is 1.20 bits per heavy atom. The van der Waals surface area contributed by atoms with E-state index in [-0.39, 0.29) is 17.9 Å². The number of amides is 3. The van der Waals surface area contributed by atoms with E-state index in [0.29, 0.717) is 32.8 Å². The van der Waals surface area contributed by atoms with Crippen LogP contribution in [-0.2, 0) is 9.53 Å². The molecule has 0 bridgehead atoms. The van der Waals surface area contributed by atoms with Crippen molar-refractivity contribution >= 4 is 17.6 Å². The molecule has 3 N–H and O–H groups in total. The molecule has 1 aromatic rings. The average Bonchev–Trinajstić information content (AvgIpc) is 2.65. The Morgan fingerprint density at radius 2 is 2.00 bits per heavy atom. The average molecular weight is 348 g/mol. The number of rotatable bonds is 8. The van der Waals surface area contributed by atoms with E-state index in [1.54, 1.807) is 12.0 Å². The number of nitrogens with one attached hydrogen (secondary N) is 3. The van der Waals surface area contributed by atoms with Crippen LogP contribution >= 0.6 is 0 Å². The summed E-state index contributed by atoms with van der Waals surface area (Å²) in [7, 11) is 1.66. The Bertz CT molecular complexity index is 538. The van der Waals surface area contributed by atoms with Gasteiger partial charge in [0.2, 0.25) is 5.91 Å². The number of para-hydroxylation sites is 1. The third-order valence-corrected chi connectivity index (χ3v) is 4.19. The summed E-state index contributed by atoms with van der Waals surface area (Å²) in [5, 5.41) is 9.00. The first-order valence-corrected chi connectivity index (χ1v) is 8.79. The van der Waals surface area contributed by atoms with Gasteiger partial charge in [0.1, 0.15) is 0 Å². The van der Waals surface area contributed by atoms with E-state index in [1.165, 1.54) is 0 Å². The maximum absolute atomic E-state index is 12.4. The van der Waals surface area contributed by atoms with Crippen molar-refractivity contribution in [3.05, 3.63) is 30.3 Å². The zero-order chi connectivity index (χ0) is 17.9. The van der Waals surface area contributed by atoms with Gasteiger partial charge in [0.25, 0.3) is 0 Å². The van der Waals surface area contributed by atoms with Crippen LogP contribution in [0.5, 0.6) is 0 Å². The van der Waals surface area contributed by atoms with E-state index < -0.39 is 0 Å². The van der Waals surface area contributed by atoms with Gasteiger partial charge in [-0.15, -0.1) is 0 Å². The molecule has 0 spiro atoms. The fourth-order valence-corrected chi connectivity index (χ4v) is 2.82. The van der Waals surface area contributed by atoms with Gasteiger partial charge in [0, 0.05) is 45.5 Å². The molecule has 0 aromatic heterocycles. The number of likely N-dealkylation sites (tertiary alicyclic amines) is 1. The topological polar surface area (TPSA) is 82.7 Å². The summed E-state index contributed by atoms with van der Waals surface area (Å²) in [5.41, 5.74) is 0.765. The van der Waals surface area contributed by atoms with E-state index in [1.807, 2.05) is 30.3 Å². The van der Waals surface area contributed by atoms with Crippen molar-refractivity contribution < 1.29 is 14.3 Å². The van der Waals surface area contributed by atoms with Gasteiger partial charge in [0.15, 0.2) is 0 Å². The van der Waals surface area contributed by atoms with Crippen LogP contribution in [0.3, 0.4) is 0 Å². The summed E-state index contributed by atoms with van der Waals surface area (Å²) in [4.78, 5) is 26.4. The second kappa shape index (κ2) is 10.7. The van der Waals surface area contributed by atoms with Crippen LogP contribution in [0.25, 0.3) is 0 Å². The lowest BCUT2D eigenvalue weighted by Gasteiger charge is -2.32. The van der Waals surface area contributed by atoms with Crippen LogP contribution in [0.4, 0.5) is 10.5 Å². The maximum atomic E-state index is 12.4. The van der Waals surface area contributed by atoms with Crippen molar-refractivity contribution in [3.63, 3.8) is 0 Å². The highest BCUT2D eigenvalue weighted by Crippen LogP contribution is 2.18. The number of anilines is 1. The number of carbonyl (C=O) groups excluding carboxylic acids is 2. The number of urea groups is 1. The van der Waals surface area contributed by atoms with Gasteiger partial charge in [-0.05, 0) is 25.0 Å². The summed E-state index contributed by atoms with van der Waals surface area (Å²) in [6, 6.07) is 9.21. The van der Waals surface area contributed by atoms with Gasteiger partial charge < -0.3 is 25.6 Å². The van der Waals surface area contributed by atoms with E-state index in [2.05, 4.69) is 16.0 Å². The first-order valence-electron chi connectivity index (χ1n) is 8.79. The number of methoxy groups -OCH3 is 1. The highest BCUT2D eigenvalue weighted by molar-refractivity contribution is 5.90. The first kappa shape index (κ1) is 19.2. The van der Waals surface area contributed by atoms with Crippen molar-refractivity contribution in [2.75, 3.05) is 51.8 Å². The Balaban J connectivity index is 1.72. The molecule has 7 heteroatoms. The van der Waals surface area contributed by atoms with Gasteiger partial charge in [-0.1, -0.05) is 18.2 Å². The second-order valence-electron chi connectivity index (χ2n) is 6.12. The molecule has 7 nitrogen and oxygen atoms in total. The lowest BCUT2D eigenvalue weighted by molar-refractivity contribution is -0.126. The number of nitrogens with zero attached hydrogens (tertiary/aromatic N) is 1. The molecule has 3 amide bonds. The number of hydrogen-bond acceptors (Lipinski definition) is 4. The Labute approximate surface area is 149 Å². The van der Waals surface area contributed by atoms with E-state index in [9.17, 15) is 9.59 Å². The second-order valence-corrected chi connectivity index (χ2v) is 6.12.